The van der Waals surface area contributed by atoms with Gasteiger partial charge >= 0.3 is 6.61 Å². The van der Waals surface area contributed by atoms with Gasteiger partial charge in [-0.15, -0.1) is 0 Å². The van der Waals surface area contributed by atoms with Crippen molar-refractivity contribution in [3.8, 4) is 16.9 Å². The van der Waals surface area contributed by atoms with E-state index >= 15 is 0 Å². The highest BCUT2D eigenvalue weighted by atomic mass is 19.3. The number of alkyl halides is 2. The number of hydrogen-bond donors (Lipinski definition) is 1. The highest BCUT2D eigenvalue weighted by Gasteiger charge is 2.28. The van der Waals surface area contributed by atoms with E-state index in [2.05, 4.69) is 14.7 Å². The quantitative estimate of drug-likeness (QED) is 0.385. The topological polar surface area (TPSA) is 106 Å². The number of carbonyl (C=O) groups is 1. The smallest absolute Gasteiger partial charge is 0.387 e. The van der Waals surface area contributed by atoms with Crippen LogP contribution in [-0.2, 0) is 18.4 Å². The summed E-state index contributed by atoms with van der Waals surface area (Å²) in [6, 6.07) is 11.9. The molecule has 1 aliphatic heterocycles. The molecule has 0 bridgehead atoms. The van der Waals surface area contributed by atoms with Gasteiger partial charge in [-0.25, -0.2) is 9.97 Å². The molecule has 3 heterocycles. The number of carbonyl (C=O) groups excluding carboxylic acids is 1. The molecule has 39 heavy (non-hydrogen) atoms. The second kappa shape index (κ2) is 10.8. The molecule has 1 aliphatic rings. The Morgan fingerprint density at radius 3 is 2.56 bits per heavy atom. The Hall–Kier alpha value is -4.32. The first-order chi connectivity index (χ1) is 18.8. The maximum Gasteiger partial charge on any atom is 0.387 e. The summed E-state index contributed by atoms with van der Waals surface area (Å²) in [7, 11) is 1.63. The Balaban J connectivity index is 1.43. The molecular formula is C27H28F2N6O4. The van der Waals surface area contributed by atoms with Crippen molar-refractivity contribution in [3.63, 3.8) is 0 Å². The van der Waals surface area contributed by atoms with Gasteiger partial charge in [0.2, 0.25) is 11.9 Å². The third-order valence-corrected chi connectivity index (χ3v) is 7.01. The minimum atomic E-state index is -2.96. The summed E-state index contributed by atoms with van der Waals surface area (Å²) >= 11 is 0. The molecule has 0 saturated carbocycles. The first-order valence-electron chi connectivity index (χ1n) is 12.5. The van der Waals surface area contributed by atoms with E-state index in [1.54, 1.807) is 53.3 Å². The molecule has 0 unspecified atom stereocenters. The Kier molecular flexibility index (Phi) is 7.29. The molecule has 10 nitrogen and oxygen atoms in total. The lowest BCUT2D eigenvalue weighted by atomic mass is 10.1. The first kappa shape index (κ1) is 26.3. The van der Waals surface area contributed by atoms with Gasteiger partial charge < -0.3 is 19.6 Å². The lowest BCUT2D eigenvalue weighted by Gasteiger charge is -2.39. The molecule has 2 aromatic carbocycles. The molecule has 1 atom stereocenters. The van der Waals surface area contributed by atoms with Gasteiger partial charge in [0.25, 0.3) is 5.56 Å². The van der Waals surface area contributed by atoms with Crippen LogP contribution in [0.1, 0.15) is 12.5 Å². The summed E-state index contributed by atoms with van der Waals surface area (Å²) in [5.74, 6) is 0.297. The average Bonchev–Trinajstić information content (AvgIpc) is 3.17. The van der Waals surface area contributed by atoms with Crippen molar-refractivity contribution in [2.45, 2.75) is 26.1 Å². The van der Waals surface area contributed by atoms with E-state index in [0.29, 0.717) is 42.0 Å². The molecule has 4 aromatic rings. The van der Waals surface area contributed by atoms with Crippen LogP contribution in [-0.4, -0.2) is 74.1 Å². The number of rotatable bonds is 7. The number of benzene rings is 2. The van der Waals surface area contributed by atoms with Gasteiger partial charge in [0.15, 0.2) is 0 Å². The Morgan fingerprint density at radius 2 is 1.87 bits per heavy atom. The van der Waals surface area contributed by atoms with Gasteiger partial charge in [0.05, 0.1) is 17.4 Å². The Bertz CT molecular complexity index is 1550. The van der Waals surface area contributed by atoms with Crippen LogP contribution in [0.25, 0.3) is 22.0 Å². The number of aliphatic hydroxyl groups excluding tert-OH is 1. The van der Waals surface area contributed by atoms with Gasteiger partial charge in [-0.3, -0.25) is 19.0 Å². The second-order valence-corrected chi connectivity index (χ2v) is 9.42. The van der Waals surface area contributed by atoms with Gasteiger partial charge in [-0.2, -0.15) is 8.78 Å². The third kappa shape index (κ3) is 5.19. The number of halogens is 2. The van der Waals surface area contributed by atoms with Crippen LogP contribution in [0.2, 0.25) is 0 Å². The summed E-state index contributed by atoms with van der Waals surface area (Å²) in [6.07, 6.45) is 3.41. The van der Waals surface area contributed by atoms with Crippen LogP contribution < -0.4 is 15.2 Å². The third-order valence-electron chi connectivity index (χ3n) is 7.01. The van der Waals surface area contributed by atoms with Crippen LogP contribution in [0.4, 0.5) is 14.7 Å². The van der Waals surface area contributed by atoms with Gasteiger partial charge in [0, 0.05) is 56.2 Å². The summed E-state index contributed by atoms with van der Waals surface area (Å²) in [5.41, 5.74) is 2.47. The van der Waals surface area contributed by atoms with E-state index in [1.165, 1.54) is 10.7 Å². The molecule has 1 fully saturated rings. The number of aliphatic hydroxyl groups is 1. The van der Waals surface area contributed by atoms with Crippen molar-refractivity contribution < 1.29 is 23.4 Å². The maximum absolute atomic E-state index is 12.9. The fourth-order valence-electron chi connectivity index (χ4n) is 4.95. The number of para-hydroxylation sites is 1. The fraction of sp³-hybridized carbons (Fsp3) is 0.333. The second-order valence-electron chi connectivity index (χ2n) is 9.42. The minimum Gasteiger partial charge on any atom is -0.434 e. The molecule has 1 N–H and O–H groups in total. The number of ether oxygens (including phenoxy) is 1. The van der Waals surface area contributed by atoms with E-state index in [4.69, 9.17) is 5.11 Å². The summed E-state index contributed by atoms with van der Waals surface area (Å²) in [6.45, 7) is 0.154. The van der Waals surface area contributed by atoms with Gasteiger partial charge in [-0.1, -0.05) is 24.3 Å². The lowest BCUT2D eigenvalue weighted by molar-refractivity contribution is -0.134. The van der Waals surface area contributed by atoms with Gasteiger partial charge in [-0.05, 0) is 30.7 Å². The molecule has 1 saturated heterocycles. The predicted molar refractivity (Wildman–Crippen MR) is 141 cm³/mol. The van der Waals surface area contributed by atoms with Crippen LogP contribution in [0, 0.1) is 0 Å². The molecule has 0 spiro atoms. The number of nitrogens with zero attached hydrogens (tertiary/aromatic N) is 6. The van der Waals surface area contributed by atoms with Crippen LogP contribution >= 0.6 is 0 Å². The van der Waals surface area contributed by atoms with Crippen LogP contribution in [0.15, 0.2) is 59.7 Å². The highest BCUT2D eigenvalue weighted by Crippen LogP contribution is 2.27. The van der Waals surface area contributed by atoms with E-state index in [1.807, 2.05) is 24.0 Å². The molecule has 5 rings (SSSR count). The normalized spacial score (nSPS) is 15.8. The summed E-state index contributed by atoms with van der Waals surface area (Å²) < 4.78 is 33.7. The van der Waals surface area contributed by atoms with Crippen molar-refractivity contribution in [2.24, 2.45) is 7.05 Å². The number of amides is 1. The Morgan fingerprint density at radius 1 is 1.13 bits per heavy atom. The Labute approximate surface area is 222 Å². The predicted octanol–water partition coefficient (Wildman–Crippen LogP) is 2.48. The number of anilines is 1. The monoisotopic (exact) mass is 538 g/mol. The zero-order valence-corrected chi connectivity index (χ0v) is 21.5. The number of piperazine rings is 1. The van der Waals surface area contributed by atoms with E-state index in [9.17, 15) is 18.4 Å². The molecule has 2 aromatic heterocycles. The SMILES string of the molecule is C[C@@H]1CN(C(=O)CO)CCN1c1ncc(-c2ccc3c(=O)n(C)n(Cc4ccccc4OC(F)F)c3c2)cn1. The highest BCUT2D eigenvalue weighted by molar-refractivity contribution is 5.84. The largest absolute Gasteiger partial charge is 0.434 e. The number of aromatic nitrogens is 4. The minimum absolute atomic E-state index is 0.0212. The van der Waals surface area contributed by atoms with E-state index < -0.39 is 13.2 Å². The van der Waals surface area contributed by atoms with Crippen LogP contribution in [0.3, 0.4) is 0 Å². The van der Waals surface area contributed by atoms with Crippen LogP contribution in [0.5, 0.6) is 5.75 Å². The molecule has 0 radical (unpaired) electrons. The molecule has 1 amide bonds. The zero-order chi connectivity index (χ0) is 27.7. The molecule has 12 heteroatoms. The standard InChI is InChI=1S/C27H28F2N6O4/c1-17-14-33(24(37)16-36)9-10-34(17)27-30-12-20(13-31-27)18-7-8-21-22(11-18)35(32(2)25(21)38)15-19-5-3-4-6-23(19)39-26(28)29/h3-8,11-13,17,26,36H,9-10,14-16H2,1-2H3/t17-/m1/s1. The zero-order valence-electron chi connectivity index (χ0n) is 21.5. The number of hydrogen-bond acceptors (Lipinski definition) is 7. The lowest BCUT2D eigenvalue weighted by Crippen LogP contribution is -2.54. The van der Waals surface area contributed by atoms with Crippen molar-refractivity contribution in [1.82, 2.24) is 24.2 Å². The summed E-state index contributed by atoms with van der Waals surface area (Å²) in [5, 5.41) is 9.62. The van der Waals surface area contributed by atoms with Crippen molar-refractivity contribution >= 4 is 22.8 Å². The van der Waals surface area contributed by atoms with Gasteiger partial charge in [0.1, 0.15) is 12.4 Å². The van der Waals surface area contributed by atoms with Crippen molar-refractivity contribution in [3.05, 3.63) is 70.8 Å². The maximum atomic E-state index is 12.9. The van der Waals surface area contributed by atoms with Crippen molar-refractivity contribution in [1.29, 1.82) is 0 Å². The molecule has 204 valence electrons. The number of fused-ring (bicyclic) bond motifs is 1. The van der Waals surface area contributed by atoms with E-state index in [0.717, 1.165) is 11.1 Å². The molecular weight excluding hydrogens is 510 g/mol. The fourth-order valence-corrected chi connectivity index (χ4v) is 4.95. The van der Waals surface area contributed by atoms with E-state index in [-0.39, 0.29) is 29.8 Å². The summed E-state index contributed by atoms with van der Waals surface area (Å²) in [4.78, 5) is 37.5. The molecule has 0 aliphatic carbocycles. The first-order valence-corrected chi connectivity index (χ1v) is 12.5. The van der Waals surface area contributed by atoms with Crippen molar-refractivity contribution in [2.75, 3.05) is 31.1 Å². The average molecular weight is 539 g/mol.